The van der Waals surface area contributed by atoms with Crippen LogP contribution in [0.15, 0.2) is 36.4 Å². The van der Waals surface area contributed by atoms with Gasteiger partial charge in [0, 0.05) is 10.6 Å². The molecule has 1 aromatic heterocycles. The van der Waals surface area contributed by atoms with Crippen molar-refractivity contribution in [1.29, 1.82) is 0 Å². The highest BCUT2D eigenvalue weighted by atomic mass is 35.5. The van der Waals surface area contributed by atoms with Crippen molar-refractivity contribution in [3.8, 4) is 5.75 Å². The van der Waals surface area contributed by atoms with Gasteiger partial charge in [-0.05, 0) is 43.3 Å². The number of ether oxygens (including phenoxy) is 1. The second-order valence-corrected chi connectivity index (χ2v) is 5.85. The Labute approximate surface area is 121 Å². The van der Waals surface area contributed by atoms with Gasteiger partial charge in [-0.1, -0.05) is 11.6 Å². The average molecular weight is 298 g/mol. The van der Waals surface area contributed by atoms with Gasteiger partial charge in [0.25, 0.3) is 0 Å². The molecule has 102 valence electrons. The molecule has 0 saturated carbocycles. The Morgan fingerprint density at radius 3 is 2.58 bits per heavy atom. The van der Waals surface area contributed by atoms with Gasteiger partial charge in [-0.3, -0.25) is 0 Å². The number of aliphatic hydroxyl groups is 1. The summed E-state index contributed by atoms with van der Waals surface area (Å²) in [6.45, 7) is 2.44. The number of anilines is 1. The molecule has 2 aromatic rings. The second kappa shape index (κ2) is 6.80. The highest BCUT2D eigenvalue weighted by Gasteiger charge is 2.08. The molecule has 0 spiro atoms. The summed E-state index contributed by atoms with van der Waals surface area (Å²) < 4.78 is 6.11. The van der Waals surface area contributed by atoms with Crippen molar-refractivity contribution in [2.24, 2.45) is 0 Å². The van der Waals surface area contributed by atoms with Gasteiger partial charge < -0.3 is 15.2 Å². The van der Waals surface area contributed by atoms with Crippen LogP contribution in [0.4, 0.5) is 5.69 Å². The molecule has 0 fully saturated rings. The van der Waals surface area contributed by atoms with Crippen molar-refractivity contribution in [2.45, 2.75) is 13.0 Å². The van der Waals surface area contributed by atoms with E-state index >= 15 is 0 Å². The minimum atomic E-state index is 0.0240. The Bertz CT molecular complexity index is 512. The minimum absolute atomic E-state index is 0.0240. The largest absolute Gasteiger partial charge is 0.491 e. The highest BCUT2D eigenvalue weighted by molar-refractivity contribution is 7.16. The predicted molar refractivity (Wildman–Crippen MR) is 80.4 cm³/mol. The quantitative estimate of drug-likeness (QED) is 0.848. The first-order chi connectivity index (χ1) is 9.19. The lowest BCUT2D eigenvalue weighted by Crippen LogP contribution is -2.05. The molecule has 0 aliphatic heterocycles. The summed E-state index contributed by atoms with van der Waals surface area (Å²) in [6, 6.07) is 11.8. The lowest BCUT2D eigenvalue weighted by molar-refractivity contribution is 0.201. The molecular formula is C14H16ClNO2S. The van der Waals surface area contributed by atoms with E-state index in [2.05, 4.69) is 12.2 Å². The number of benzene rings is 1. The maximum atomic E-state index is 8.68. The Morgan fingerprint density at radius 1 is 1.26 bits per heavy atom. The van der Waals surface area contributed by atoms with Crippen molar-refractivity contribution in [1.82, 2.24) is 0 Å². The number of thiophene rings is 1. The monoisotopic (exact) mass is 297 g/mol. The molecule has 1 aromatic carbocycles. The molecule has 0 amide bonds. The second-order valence-electron chi connectivity index (χ2n) is 4.10. The SMILES string of the molecule is CC(Nc1ccc(OCCO)cc1)c1ccc(Cl)s1. The fraction of sp³-hybridized carbons (Fsp3) is 0.286. The fourth-order valence-electron chi connectivity index (χ4n) is 1.69. The zero-order valence-electron chi connectivity index (χ0n) is 10.6. The third-order valence-electron chi connectivity index (χ3n) is 2.62. The van der Waals surface area contributed by atoms with Crippen LogP contribution in [-0.4, -0.2) is 18.3 Å². The Hall–Kier alpha value is -1.23. The molecule has 0 bridgehead atoms. The lowest BCUT2D eigenvalue weighted by atomic mass is 10.2. The maximum Gasteiger partial charge on any atom is 0.119 e. The minimum Gasteiger partial charge on any atom is -0.491 e. The van der Waals surface area contributed by atoms with Crippen molar-refractivity contribution in [2.75, 3.05) is 18.5 Å². The van der Waals surface area contributed by atoms with E-state index in [-0.39, 0.29) is 12.6 Å². The molecule has 0 aliphatic carbocycles. The van der Waals surface area contributed by atoms with E-state index in [9.17, 15) is 0 Å². The fourth-order valence-corrected chi connectivity index (χ4v) is 2.76. The molecule has 1 unspecified atom stereocenters. The van der Waals surface area contributed by atoms with E-state index < -0.39 is 0 Å². The Kier molecular flexibility index (Phi) is 5.07. The molecule has 19 heavy (non-hydrogen) atoms. The molecule has 1 heterocycles. The van der Waals surface area contributed by atoms with Crippen LogP contribution in [0.25, 0.3) is 0 Å². The molecule has 2 N–H and O–H groups in total. The molecule has 1 atom stereocenters. The van der Waals surface area contributed by atoms with Crippen molar-refractivity contribution < 1.29 is 9.84 Å². The zero-order valence-corrected chi connectivity index (χ0v) is 12.2. The van der Waals surface area contributed by atoms with Crippen LogP contribution in [0.2, 0.25) is 4.34 Å². The van der Waals surface area contributed by atoms with Crippen LogP contribution in [0.3, 0.4) is 0 Å². The zero-order chi connectivity index (χ0) is 13.7. The van der Waals surface area contributed by atoms with Gasteiger partial charge in [0.05, 0.1) is 17.0 Å². The first kappa shape index (κ1) is 14.2. The molecule has 2 rings (SSSR count). The number of aliphatic hydroxyl groups excluding tert-OH is 1. The number of nitrogens with one attached hydrogen (secondary N) is 1. The number of hydrogen-bond donors (Lipinski definition) is 2. The summed E-state index contributed by atoms with van der Waals surface area (Å²) in [5.41, 5.74) is 1.02. The molecular weight excluding hydrogens is 282 g/mol. The van der Waals surface area contributed by atoms with Crippen molar-refractivity contribution in [3.05, 3.63) is 45.6 Å². The summed E-state index contributed by atoms with van der Waals surface area (Å²) in [7, 11) is 0. The Balaban J connectivity index is 1.95. The van der Waals surface area contributed by atoms with Gasteiger partial charge >= 0.3 is 0 Å². The van der Waals surface area contributed by atoms with Crippen molar-refractivity contribution >= 4 is 28.6 Å². The highest BCUT2D eigenvalue weighted by Crippen LogP contribution is 2.29. The summed E-state index contributed by atoms with van der Waals surface area (Å²) in [6.07, 6.45) is 0. The normalized spacial score (nSPS) is 12.2. The molecule has 3 nitrogen and oxygen atoms in total. The van der Waals surface area contributed by atoms with E-state index in [1.165, 1.54) is 4.88 Å². The first-order valence-corrected chi connectivity index (χ1v) is 7.24. The van der Waals surface area contributed by atoms with E-state index in [0.717, 1.165) is 15.8 Å². The van der Waals surface area contributed by atoms with Crippen molar-refractivity contribution in [3.63, 3.8) is 0 Å². The standard InChI is InChI=1S/C14H16ClNO2S/c1-10(13-6-7-14(15)19-13)16-11-2-4-12(5-3-11)18-9-8-17/h2-7,10,16-17H,8-9H2,1H3. The van der Waals surface area contributed by atoms with E-state index in [4.69, 9.17) is 21.4 Å². The lowest BCUT2D eigenvalue weighted by Gasteiger charge is -2.14. The van der Waals surface area contributed by atoms with Gasteiger partial charge in [0.1, 0.15) is 12.4 Å². The van der Waals surface area contributed by atoms with Crippen LogP contribution in [0.5, 0.6) is 5.75 Å². The molecule has 5 heteroatoms. The van der Waals surface area contributed by atoms with Gasteiger partial charge in [0.2, 0.25) is 0 Å². The van der Waals surface area contributed by atoms with Crippen LogP contribution < -0.4 is 10.1 Å². The number of rotatable bonds is 6. The first-order valence-electron chi connectivity index (χ1n) is 6.04. The predicted octanol–water partition coefficient (Wildman–Crippen LogP) is 3.95. The average Bonchev–Trinajstić information content (AvgIpc) is 2.85. The topological polar surface area (TPSA) is 41.5 Å². The molecule has 0 saturated heterocycles. The van der Waals surface area contributed by atoms with Crippen LogP contribution in [0.1, 0.15) is 17.8 Å². The van der Waals surface area contributed by atoms with E-state index in [1.54, 1.807) is 11.3 Å². The van der Waals surface area contributed by atoms with E-state index in [0.29, 0.717) is 6.61 Å². The summed E-state index contributed by atoms with van der Waals surface area (Å²) in [5, 5.41) is 12.1. The van der Waals surface area contributed by atoms with Gasteiger partial charge in [-0.2, -0.15) is 0 Å². The van der Waals surface area contributed by atoms with Gasteiger partial charge in [-0.25, -0.2) is 0 Å². The third kappa shape index (κ3) is 4.13. The molecule has 0 radical (unpaired) electrons. The Morgan fingerprint density at radius 2 is 2.00 bits per heavy atom. The number of halogens is 1. The summed E-state index contributed by atoms with van der Waals surface area (Å²) in [4.78, 5) is 1.20. The van der Waals surface area contributed by atoms with Crippen LogP contribution in [0, 0.1) is 0 Å². The number of hydrogen-bond acceptors (Lipinski definition) is 4. The smallest absolute Gasteiger partial charge is 0.119 e. The van der Waals surface area contributed by atoms with Gasteiger partial charge in [-0.15, -0.1) is 11.3 Å². The van der Waals surface area contributed by atoms with Crippen LogP contribution in [-0.2, 0) is 0 Å². The maximum absolute atomic E-state index is 8.68. The van der Waals surface area contributed by atoms with Crippen LogP contribution >= 0.6 is 22.9 Å². The summed E-state index contributed by atoms with van der Waals surface area (Å²) >= 11 is 7.51. The van der Waals surface area contributed by atoms with Gasteiger partial charge in [0.15, 0.2) is 0 Å². The summed E-state index contributed by atoms with van der Waals surface area (Å²) in [5.74, 6) is 0.756. The van der Waals surface area contributed by atoms with E-state index in [1.807, 2.05) is 36.4 Å². The third-order valence-corrected chi connectivity index (χ3v) is 4.03. The molecule has 0 aliphatic rings.